The Labute approximate surface area is 81.1 Å². The Morgan fingerprint density at radius 1 is 1.38 bits per heavy atom. The van der Waals surface area contributed by atoms with Gasteiger partial charge in [0.15, 0.2) is 0 Å². The maximum atomic E-state index is 11.9. The van der Waals surface area contributed by atoms with Gasteiger partial charge < -0.3 is 5.32 Å². The fourth-order valence-electron chi connectivity index (χ4n) is 2.31. The molecule has 2 nitrogen and oxygen atoms in total. The smallest absolute Gasteiger partial charge is 0.140 e. The van der Waals surface area contributed by atoms with E-state index in [9.17, 15) is 4.79 Å². The third kappa shape index (κ3) is 2.31. The van der Waals surface area contributed by atoms with E-state index >= 15 is 0 Å². The number of hydrogen-bond donors (Lipinski definition) is 1. The molecule has 1 aliphatic rings. The van der Waals surface area contributed by atoms with Gasteiger partial charge in [-0.2, -0.15) is 0 Å². The number of Topliss-reactive ketones (excluding diaryl/α,β-unsaturated/α-hetero) is 1. The highest BCUT2D eigenvalue weighted by molar-refractivity contribution is 5.85. The van der Waals surface area contributed by atoms with Crippen LogP contribution in [0.2, 0.25) is 0 Å². The summed E-state index contributed by atoms with van der Waals surface area (Å²) in [5.74, 6) is 0.488. The van der Waals surface area contributed by atoms with Crippen molar-refractivity contribution in [1.29, 1.82) is 0 Å². The molecule has 13 heavy (non-hydrogen) atoms. The van der Waals surface area contributed by atoms with Gasteiger partial charge >= 0.3 is 0 Å². The molecule has 1 fully saturated rings. The molecule has 1 heterocycles. The zero-order chi connectivity index (χ0) is 9.73. The van der Waals surface area contributed by atoms with Crippen molar-refractivity contribution in [3.05, 3.63) is 0 Å². The lowest BCUT2D eigenvalue weighted by molar-refractivity contribution is -0.128. The molecular formula is C11H21NO. The zero-order valence-corrected chi connectivity index (χ0v) is 8.86. The molecule has 0 aromatic carbocycles. The summed E-state index contributed by atoms with van der Waals surface area (Å²) in [7, 11) is 0. The van der Waals surface area contributed by atoms with Crippen LogP contribution in [-0.2, 0) is 4.79 Å². The van der Waals surface area contributed by atoms with Gasteiger partial charge in [0.25, 0.3) is 0 Å². The van der Waals surface area contributed by atoms with Gasteiger partial charge in [0.2, 0.25) is 0 Å². The van der Waals surface area contributed by atoms with Gasteiger partial charge in [-0.15, -0.1) is 0 Å². The van der Waals surface area contributed by atoms with Crippen LogP contribution in [0.3, 0.4) is 0 Å². The van der Waals surface area contributed by atoms with E-state index in [1.807, 2.05) is 0 Å². The number of ketones is 1. The summed E-state index contributed by atoms with van der Waals surface area (Å²) in [6.07, 6.45) is 5.00. The van der Waals surface area contributed by atoms with E-state index < -0.39 is 0 Å². The van der Waals surface area contributed by atoms with E-state index in [4.69, 9.17) is 0 Å². The van der Waals surface area contributed by atoms with Crippen molar-refractivity contribution < 1.29 is 4.79 Å². The Hall–Kier alpha value is -0.370. The molecule has 76 valence electrons. The second-order valence-electron chi connectivity index (χ2n) is 4.13. The van der Waals surface area contributed by atoms with Gasteiger partial charge in [0, 0.05) is 18.4 Å². The quantitative estimate of drug-likeness (QED) is 0.707. The Morgan fingerprint density at radius 3 is 2.62 bits per heavy atom. The van der Waals surface area contributed by atoms with Gasteiger partial charge in [-0.05, 0) is 25.8 Å². The third-order valence-corrected chi connectivity index (χ3v) is 3.04. The molecule has 0 amide bonds. The first-order valence-corrected chi connectivity index (χ1v) is 5.49. The molecule has 0 aromatic heterocycles. The van der Waals surface area contributed by atoms with E-state index in [0.29, 0.717) is 5.78 Å². The SMILES string of the molecule is CCCC(=O)C1(CCC)CCNC1. The van der Waals surface area contributed by atoms with Gasteiger partial charge in [0.05, 0.1) is 0 Å². The second-order valence-corrected chi connectivity index (χ2v) is 4.13. The van der Waals surface area contributed by atoms with Crippen LogP contribution in [0.4, 0.5) is 0 Å². The lowest BCUT2D eigenvalue weighted by Gasteiger charge is -2.25. The molecule has 0 bridgehead atoms. The molecule has 0 radical (unpaired) electrons. The molecule has 1 unspecified atom stereocenters. The van der Waals surface area contributed by atoms with Crippen LogP contribution in [0.1, 0.15) is 46.0 Å². The molecule has 1 N–H and O–H groups in total. The van der Waals surface area contributed by atoms with E-state index in [2.05, 4.69) is 19.2 Å². The first-order valence-electron chi connectivity index (χ1n) is 5.49. The van der Waals surface area contributed by atoms with Crippen molar-refractivity contribution in [3.63, 3.8) is 0 Å². The summed E-state index contributed by atoms with van der Waals surface area (Å²) in [6.45, 7) is 6.19. The fourth-order valence-corrected chi connectivity index (χ4v) is 2.31. The largest absolute Gasteiger partial charge is 0.316 e. The second kappa shape index (κ2) is 4.75. The van der Waals surface area contributed by atoms with Crippen LogP contribution in [0, 0.1) is 5.41 Å². The molecule has 1 aliphatic heterocycles. The minimum absolute atomic E-state index is 0.00472. The van der Waals surface area contributed by atoms with Crippen molar-refractivity contribution in [2.45, 2.75) is 46.0 Å². The van der Waals surface area contributed by atoms with Crippen molar-refractivity contribution in [2.75, 3.05) is 13.1 Å². The minimum atomic E-state index is 0.00472. The van der Waals surface area contributed by atoms with Crippen LogP contribution in [0.25, 0.3) is 0 Å². The summed E-state index contributed by atoms with van der Waals surface area (Å²) in [6, 6.07) is 0. The van der Waals surface area contributed by atoms with E-state index in [1.54, 1.807) is 0 Å². The molecule has 0 aliphatic carbocycles. The molecule has 1 saturated heterocycles. The summed E-state index contributed by atoms with van der Waals surface area (Å²) in [5.41, 5.74) is 0.00472. The number of rotatable bonds is 5. The number of carbonyl (C=O) groups is 1. The fraction of sp³-hybridized carbons (Fsp3) is 0.909. The normalized spacial score (nSPS) is 27.8. The summed E-state index contributed by atoms with van der Waals surface area (Å²) in [4.78, 5) is 11.9. The number of hydrogen-bond acceptors (Lipinski definition) is 2. The topological polar surface area (TPSA) is 29.1 Å². The summed E-state index contributed by atoms with van der Waals surface area (Å²) >= 11 is 0. The zero-order valence-electron chi connectivity index (χ0n) is 8.86. The highest BCUT2D eigenvalue weighted by Gasteiger charge is 2.38. The van der Waals surface area contributed by atoms with Gasteiger partial charge in [-0.3, -0.25) is 4.79 Å². The Bertz CT molecular complexity index is 171. The van der Waals surface area contributed by atoms with Crippen molar-refractivity contribution in [3.8, 4) is 0 Å². The molecule has 0 aromatic rings. The van der Waals surface area contributed by atoms with E-state index in [0.717, 1.165) is 45.2 Å². The van der Waals surface area contributed by atoms with Crippen LogP contribution in [0.5, 0.6) is 0 Å². The average Bonchev–Trinajstić information content (AvgIpc) is 2.55. The highest BCUT2D eigenvalue weighted by atomic mass is 16.1. The minimum Gasteiger partial charge on any atom is -0.316 e. The lowest BCUT2D eigenvalue weighted by Crippen LogP contribution is -2.33. The predicted molar refractivity (Wildman–Crippen MR) is 54.7 cm³/mol. The Kier molecular flexibility index (Phi) is 3.91. The first kappa shape index (κ1) is 10.7. The molecule has 0 saturated carbocycles. The predicted octanol–water partition coefficient (Wildman–Crippen LogP) is 2.14. The molecule has 0 spiro atoms. The van der Waals surface area contributed by atoms with Crippen LogP contribution in [-0.4, -0.2) is 18.9 Å². The van der Waals surface area contributed by atoms with Gasteiger partial charge in [0.1, 0.15) is 5.78 Å². The van der Waals surface area contributed by atoms with Gasteiger partial charge in [-0.1, -0.05) is 20.3 Å². The standard InChI is InChI=1S/C11H21NO/c1-3-5-10(13)11(6-4-2)7-8-12-9-11/h12H,3-9H2,1-2H3. The maximum absolute atomic E-state index is 11.9. The van der Waals surface area contributed by atoms with E-state index in [-0.39, 0.29) is 5.41 Å². The number of nitrogens with one attached hydrogen (secondary N) is 1. The highest BCUT2D eigenvalue weighted by Crippen LogP contribution is 2.33. The van der Waals surface area contributed by atoms with Crippen LogP contribution < -0.4 is 5.32 Å². The Balaban J connectivity index is 2.60. The van der Waals surface area contributed by atoms with Crippen LogP contribution >= 0.6 is 0 Å². The summed E-state index contributed by atoms with van der Waals surface area (Å²) in [5, 5.41) is 3.32. The lowest BCUT2D eigenvalue weighted by atomic mass is 9.77. The molecule has 1 rings (SSSR count). The van der Waals surface area contributed by atoms with E-state index in [1.165, 1.54) is 0 Å². The van der Waals surface area contributed by atoms with Crippen LogP contribution in [0.15, 0.2) is 0 Å². The van der Waals surface area contributed by atoms with Crippen molar-refractivity contribution >= 4 is 5.78 Å². The first-order chi connectivity index (χ1) is 6.25. The van der Waals surface area contributed by atoms with Gasteiger partial charge in [-0.25, -0.2) is 0 Å². The maximum Gasteiger partial charge on any atom is 0.140 e. The monoisotopic (exact) mass is 183 g/mol. The molecular weight excluding hydrogens is 162 g/mol. The average molecular weight is 183 g/mol. The van der Waals surface area contributed by atoms with Crippen molar-refractivity contribution in [2.24, 2.45) is 5.41 Å². The Morgan fingerprint density at radius 2 is 2.15 bits per heavy atom. The molecule has 2 heteroatoms. The number of carbonyl (C=O) groups excluding carboxylic acids is 1. The summed E-state index contributed by atoms with van der Waals surface area (Å²) < 4.78 is 0. The third-order valence-electron chi connectivity index (χ3n) is 3.04. The van der Waals surface area contributed by atoms with Crippen molar-refractivity contribution in [1.82, 2.24) is 5.32 Å². The molecule has 1 atom stereocenters.